The fraction of sp³-hybridized carbons (Fsp3) is 0.261. The Morgan fingerprint density at radius 3 is 2.61 bits per heavy atom. The van der Waals surface area contributed by atoms with Crippen LogP contribution in [0.5, 0.6) is 0 Å². The number of carbonyl (C=O) groups excluding carboxylic acids is 1. The molecule has 8 heteroatoms. The normalized spacial score (nSPS) is 11.3. The van der Waals surface area contributed by atoms with Crippen LogP contribution in [0.15, 0.2) is 50.3 Å². The number of pyridine rings is 1. The largest absolute Gasteiger partial charge is 0.461 e. The van der Waals surface area contributed by atoms with Crippen molar-refractivity contribution >= 4 is 16.9 Å². The van der Waals surface area contributed by atoms with E-state index in [1.54, 1.807) is 33.0 Å². The predicted octanol–water partition coefficient (Wildman–Crippen LogP) is 4.22. The maximum atomic E-state index is 12.6. The minimum atomic E-state index is -0.618. The number of nitrogens with zero attached hydrogens (tertiary/aromatic N) is 3. The highest BCUT2D eigenvalue weighted by Crippen LogP contribution is 2.26. The molecule has 0 aliphatic carbocycles. The smallest absolute Gasteiger partial charge is 0.349 e. The molecule has 0 N–H and O–H groups in total. The number of aromatic nitrogens is 3. The van der Waals surface area contributed by atoms with Crippen LogP contribution < -0.4 is 5.63 Å². The number of hydrogen-bond donors (Lipinski definition) is 0. The third-order valence-corrected chi connectivity index (χ3v) is 4.84. The fourth-order valence-electron chi connectivity index (χ4n) is 3.01. The van der Waals surface area contributed by atoms with Crippen molar-refractivity contribution in [3.05, 3.63) is 63.8 Å². The van der Waals surface area contributed by atoms with E-state index in [4.69, 9.17) is 13.7 Å². The molecule has 0 radical (unpaired) electrons. The van der Waals surface area contributed by atoms with Crippen molar-refractivity contribution < 1.29 is 18.5 Å². The van der Waals surface area contributed by atoms with Crippen LogP contribution in [0.1, 0.15) is 30.7 Å². The summed E-state index contributed by atoms with van der Waals surface area (Å²) < 4.78 is 16.2. The molecule has 31 heavy (non-hydrogen) atoms. The van der Waals surface area contributed by atoms with E-state index in [1.807, 2.05) is 31.2 Å². The van der Waals surface area contributed by atoms with E-state index in [1.165, 1.54) is 0 Å². The number of esters is 1. The van der Waals surface area contributed by atoms with Gasteiger partial charge in [-0.05, 0) is 19.9 Å². The fourth-order valence-corrected chi connectivity index (χ4v) is 3.01. The molecule has 8 nitrogen and oxygen atoms in total. The lowest BCUT2D eigenvalue weighted by Gasteiger charge is -2.10. The first-order valence-corrected chi connectivity index (χ1v) is 9.83. The third-order valence-electron chi connectivity index (χ3n) is 4.84. The minimum absolute atomic E-state index is 0.00636. The Labute approximate surface area is 177 Å². The average molecular weight is 419 g/mol. The Morgan fingerprint density at radius 2 is 1.90 bits per heavy atom. The zero-order valence-electron chi connectivity index (χ0n) is 17.6. The van der Waals surface area contributed by atoms with Crippen LogP contribution in [0, 0.1) is 19.8 Å². The summed E-state index contributed by atoms with van der Waals surface area (Å²) in [6, 6.07) is 9.25. The summed E-state index contributed by atoms with van der Waals surface area (Å²) in [4.78, 5) is 33.1. The molecule has 0 saturated carbocycles. The predicted molar refractivity (Wildman–Crippen MR) is 113 cm³/mol. The van der Waals surface area contributed by atoms with Crippen LogP contribution in [0.2, 0.25) is 0 Å². The molecule has 0 aliphatic rings. The number of rotatable bonds is 5. The molecule has 4 rings (SSSR count). The molecule has 4 aromatic rings. The topological polar surface area (TPSA) is 108 Å². The number of hydrogen-bond acceptors (Lipinski definition) is 8. The lowest BCUT2D eigenvalue weighted by molar-refractivity contribution is -0.148. The second-order valence-electron chi connectivity index (χ2n) is 7.61. The minimum Gasteiger partial charge on any atom is -0.461 e. The molecule has 158 valence electrons. The van der Waals surface area contributed by atoms with Crippen LogP contribution in [0.25, 0.3) is 33.8 Å². The van der Waals surface area contributed by atoms with E-state index < -0.39 is 5.63 Å². The highest BCUT2D eigenvalue weighted by Gasteiger charge is 2.19. The molecule has 0 fully saturated rings. The second-order valence-corrected chi connectivity index (χ2v) is 7.61. The highest BCUT2D eigenvalue weighted by molar-refractivity contribution is 5.85. The van der Waals surface area contributed by atoms with Gasteiger partial charge in [0.25, 0.3) is 5.89 Å². The first-order chi connectivity index (χ1) is 14.8. The Morgan fingerprint density at radius 1 is 1.16 bits per heavy atom. The number of benzene rings is 1. The van der Waals surface area contributed by atoms with Gasteiger partial charge in [0.1, 0.15) is 12.2 Å². The van der Waals surface area contributed by atoms with Gasteiger partial charge in [-0.3, -0.25) is 9.78 Å². The van der Waals surface area contributed by atoms with Gasteiger partial charge in [-0.2, -0.15) is 4.98 Å². The Bertz CT molecular complexity index is 1320. The Hall–Kier alpha value is -3.81. The van der Waals surface area contributed by atoms with Crippen molar-refractivity contribution in [2.45, 2.75) is 34.3 Å². The van der Waals surface area contributed by atoms with Gasteiger partial charge in [-0.1, -0.05) is 48.8 Å². The first kappa shape index (κ1) is 20.5. The van der Waals surface area contributed by atoms with E-state index in [-0.39, 0.29) is 29.9 Å². The summed E-state index contributed by atoms with van der Waals surface area (Å²) in [5.41, 5.74) is 2.86. The summed E-state index contributed by atoms with van der Waals surface area (Å²) >= 11 is 0. The lowest BCUT2D eigenvalue weighted by Crippen LogP contribution is -2.12. The molecule has 0 atom stereocenters. The molecular weight excluding hydrogens is 398 g/mol. The number of carbonyl (C=O) groups is 1. The quantitative estimate of drug-likeness (QED) is 0.442. The van der Waals surface area contributed by atoms with Crippen molar-refractivity contribution in [2.24, 2.45) is 5.92 Å². The molecule has 3 heterocycles. The van der Waals surface area contributed by atoms with Gasteiger partial charge in [0, 0.05) is 22.7 Å². The first-order valence-electron chi connectivity index (χ1n) is 9.83. The number of aryl methyl sites for hydroxylation is 2. The molecule has 0 unspecified atom stereocenters. The molecule has 1 aromatic carbocycles. The van der Waals surface area contributed by atoms with Gasteiger partial charge in [0.2, 0.25) is 5.82 Å². The van der Waals surface area contributed by atoms with Crippen LogP contribution in [-0.4, -0.2) is 21.1 Å². The Balaban J connectivity index is 1.76. The van der Waals surface area contributed by atoms with Crippen molar-refractivity contribution in [3.63, 3.8) is 0 Å². The molecular formula is C23H21N3O5. The van der Waals surface area contributed by atoms with E-state index in [9.17, 15) is 9.59 Å². The van der Waals surface area contributed by atoms with E-state index in [0.29, 0.717) is 28.1 Å². The third kappa shape index (κ3) is 4.09. The Kier molecular flexibility index (Phi) is 5.37. The summed E-state index contributed by atoms with van der Waals surface area (Å²) in [6.07, 6.45) is 1.60. The van der Waals surface area contributed by atoms with Gasteiger partial charge in [-0.15, -0.1) is 0 Å². The van der Waals surface area contributed by atoms with Gasteiger partial charge in [-0.25, -0.2) is 4.79 Å². The average Bonchev–Trinajstić information content (AvgIpc) is 3.23. The summed E-state index contributed by atoms with van der Waals surface area (Å²) in [5.74, 6) is -0.167. The molecule has 0 amide bonds. The summed E-state index contributed by atoms with van der Waals surface area (Å²) in [6.45, 7) is 7.24. The molecule has 3 aromatic heterocycles. The molecule has 0 aliphatic heterocycles. The zero-order valence-corrected chi connectivity index (χ0v) is 17.6. The van der Waals surface area contributed by atoms with E-state index in [2.05, 4.69) is 15.1 Å². The molecule has 0 spiro atoms. The standard InChI is InChI=1S/C23H21N3O5/c1-12(2)22(27)29-11-16-10-24-14(4)19-17(16)9-18(23(28)30-19)21-25-20(26-31-21)15-7-5-13(3)6-8-15/h5-10,12H,11H2,1-4H3. The number of fused-ring (bicyclic) bond motifs is 1. The van der Waals surface area contributed by atoms with Crippen molar-refractivity contribution in [1.82, 2.24) is 15.1 Å². The summed E-state index contributed by atoms with van der Waals surface area (Å²) in [7, 11) is 0. The van der Waals surface area contributed by atoms with Crippen LogP contribution >= 0.6 is 0 Å². The second kappa shape index (κ2) is 8.14. The summed E-state index contributed by atoms with van der Waals surface area (Å²) in [5, 5.41) is 4.58. The van der Waals surface area contributed by atoms with Crippen molar-refractivity contribution in [1.29, 1.82) is 0 Å². The molecule has 0 saturated heterocycles. The van der Waals surface area contributed by atoms with Crippen molar-refractivity contribution in [3.8, 4) is 22.8 Å². The monoisotopic (exact) mass is 419 g/mol. The van der Waals surface area contributed by atoms with Gasteiger partial charge >= 0.3 is 11.6 Å². The maximum Gasteiger partial charge on any atom is 0.349 e. The maximum absolute atomic E-state index is 12.6. The van der Waals surface area contributed by atoms with Crippen molar-refractivity contribution in [2.75, 3.05) is 0 Å². The lowest BCUT2D eigenvalue weighted by atomic mass is 10.1. The van der Waals surface area contributed by atoms with Crippen LogP contribution in [-0.2, 0) is 16.1 Å². The van der Waals surface area contributed by atoms with Crippen LogP contribution in [0.4, 0.5) is 0 Å². The van der Waals surface area contributed by atoms with Gasteiger partial charge in [0.15, 0.2) is 5.58 Å². The molecule has 0 bridgehead atoms. The number of ether oxygens (including phenoxy) is 1. The van der Waals surface area contributed by atoms with Gasteiger partial charge < -0.3 is 13.7 Å². The van der Waals surface area contributed by atoms with Gasteiger partial charge in [0.05, 0.1) is 11.6 Å². The van der Waals surface area contributed by atoms with E-state index >= 15 is 0 Å². The van der Waals surface area contributed by atoms with E-state index in [0.717, 1.165) is 11.1 Å². The SMILES string of the molecule is Cc1ccc(-c2noc(-c3cc4c(COC(=O)C(C)C)cnc(C)c4oc3=O)n2)cc1. The zero-order chi connectivity index (χ0) is 22.1. The highest BCUT2D eigenvalue weighted by atomic mass is 16.5. The van der Waals surface area contributed by atoms with Crippen LogP contribution in [0.3, 0.4) is 0 Å².